The molecule has 0 bridgehead atoms. The second-order valence-electron chi connectivity index (χ2n) is 19.3. The largest absolute Gasteiger partial charge is 0.509 e. The van der Waals surface area contributed by atoms with E-state index in [0.717, 1.165) is 11.1 Å². The lowest BCUT2D eigenvalue weighted by atomic mass is 9.73. The van der Waals surface area contributed by atoms with Gasteiger partial charge in [-0.25, -0.2) is 19.6 Å². The van der Waals surface area contributed by atoms with Crippen molar-refractivity contribution in [1.29, 1.82) is 0 Å². The summed E-state index contributed by atoms with van der Waals surface area (Å²) in [5.74, 6) is -6.48. The Balaban J connectivity index is 1.60. The predicted molar refractivity (Wildman–Crippen MR) is 247 cm³/mol. The summed E-state index contributed by atoms with van der Waals surface area (Å²) in [6.07, 6.45) is -1.18. The third-order valence-corrected chi connectivity index (χ3v) is 13.3. The second kappa shape index (κ2) is 22.8. The highest BCUT2D eigenvalue weighted by Gasteiger charge is 2.58. The molecule has 2 aromatic rings. The van der Waals surface area contributed by atoms with Crippen LogP contribution in [0, 0.1) is 29.6 Å². The van der Waals surface area contributed by atoms with Crippen LogP contribution in [0.1, 0.15) is 101 Å². The molecule has 0 spiro atoms. The van der Waals surface area contributed by atoms with Crippen LogP contribution in [-0.4, -0.2) is 132 Å². The van der Waals surface area contributed by atoms with Gasteiger partial charge >= 0.3 is 30.2 Å². The first kappa shape index (κ1) is 53.5. The molecule has 18 nitrogen and oxygen atoms in total. The molecule has 0 aliphatic carbocycles. The number of ketones is 1. The summed E-state index contributed by atoms with van der Waals surface area (Å²) in [5, 5.41) is 2.78. The minimum absolute atomic E-state index is 0.204. The number of likely N-dealkylation sites (N-methyl/N-ethyl adjacent to an activating group) is 1. The van der Waals surface area contributed by atoms with Crippen LogP contribution in [0.25, 0.3) is 17.5 Å². The minimum atomic E-state index is -1.84. The van der Waals surface area contributed by atoms with Gasteiger partial charge in [0, 0.05) is 42.6 Å². The molecule has 0 saturated carbocycles. The fraction of sp³-hybridized carbons (Fsp3) is 0.640. The lowest BCUT2D eigenvalue weighted by Gasteiger charge is -2.48. The standard InChI is InChI=1S/C50H70N4O14/c1-14-37-50(11)41(53-47(59)67-50)30(6)38(56)28(4)26-49(10,68-48(60)61-24-15-17-34-18-20-35(21-19-34)43-51-22-16-23-52-43)42(31(7)39(32(8)45(58)64-37)65-44(57)27(2)3)66-46-40(63-33(9)55)36(54(12)13)25-29(5)62-46/h15-23,27-32,36-37,39-42,46H,14,24-26H2,1-13H3,(H,53,59)/b17-15+/t28-,29-,30+,31+,32-,36+,37-,39+,40-,41-,42-,46+,49-,50-/m1/s1. The quantitative estimate of drug-likeness (QED) is 0.172. The van der Waals surface area contributed by atoms with Gasteiger partial charge < -0.3 is 48.1 Å². The van der Waals surface area contributed by atoms with E-state index in [0.29, 0.717) is 12.2 Å². The maximum Gasteiger partial charge on any atom is 0.509 e. The summed E-state index contributed by atoms with van der Waals surface area (Å²) < 4.78 is 49.6. The highest BCUT2D eigenvalue weighted by Crippen LogP contribution is 2.42. The second-order valence-corrected chi connectivity index (χ2v) is 19.3. The van der Waals surface area contributed by atoms with Crippen molar-refractivity contribution in [2.45, 2.75) is 156 Å². The van der Waals surface area contributed by atoms with Crippen molar-refractivity contribution in [3.05, 3.63) is 54.4 Å². The van der Waals surface area contributed by atoms with Gasteiger partial charge in [0.05, 0.1) is 30.0 Å². The zero-order valence-electron chi connectivity index (χ0n) is 41.6. The van der Waals surface area contributed by atoms with E-state index in [1.807, 2.05) is 50.2 Å². The van der Waals surface area contributed by atoms with Gasteiger partial charge in [-0.1, -0.05) is 71.9 Å². The Hall–Kier alpha value is -5.46. The van der Waals surface area contributed by atoms with Crippen molar-refractivity contribution in [1.82, 2.24) is 20.2 Å². The topological polar surface area (TPSA) is 217 Å². The number of nitrogens with one attached hydrogen (secondary N) is 1. The summed E-state index contributed by atoms with van der Waals surface area (Å²) in [6.45, 7) is 17.7. The van der Waals surface area contributed by atoms with E-state index in [9.17, 15) is 28.8 Å². The summed E-state index contributed by atoms with van der Waals surface area (Å²) in [6, 6.07) is 7.86. The molecular weight excluding hydrogens is 881 g/mol. The molecule has 4 heterocycles. The number of hydrogen-bond acceptors (Lipinski definition) is 17. The lowest BCUT2D eigenvalue weighted by molar-refractivity contribution is -0.302. The molecule has 1 N–H and O–H groups in total. The molecule has 18 heteroatoms. The zero-order valence-corrected chi connectivity index (χ0v) is 41.6. The maximum atomic E-state index is 14.7. The normalized spacial score (nSPS) is 33.7. The maximum absolute atomic E-state index is 14.7. The molecule has 1 aromatic carbocycles. The third kappa shape index (κ3) is 12.6. The van der Waals surface area contributed by atoms with Gasteiger partial charge in [0.2, 0.25) is 0 Å². The number of amides is 1. The molecule has 0 radical (unpaired) electrons. The highest BCUT2D eigenvalue weighted by atomic mass is 16.8. The fourth-order valence-electron chi connectivity index (χ4n) is 9.72. The number of alkyl carbamates (subject to hydrolysis) is 1. The van der Waals surface area contributed by atoms with Gasteiger partial charge in [-0.05, 0) is 78.8 Å². The molecule has 1 amide bonds. The van der Waals surface area contributed by atoms with Crippen LogP contribution < -0.4 is 5.32 Å². The monoisotopic (exact) mass is 950 g/mol. The first-order valence-corrected chi connectivity index (χ1v) is 23.5. The van der Waals surface area contributed by atoms with Crippen LogP contribution in [0.15, 0.2) is 48.8 Å². The lowest BCUT2D eigenvalue weighted by Crippen LogP contribution is -2.61. The van der Waals surface area contributed by atoms with Gasteiger partial charge in [-0.15, -0.1) is 0 Å². The Labute approximate surface area is 399 Å². The Bertz CT molecular complexity index is 2120. The number of rotatable bonds is 12. The minimum Gasteiger partial charge on any atom is -0.461 e. The number of aromatic nitrogens is 2. The van der Waals surface area contributed by atoms with Crippen LogP contribution in [0.2, 0.25) is 0 Å². The predicted octanol–water partition coefficient (Wildman–Crippen LogP) is 6.72. The summed E-state index contributed by atoms with van der Waals surface area (Å²) in [5.41, 5.74) is -1.70. The first-order chi connectivity index (χ1) is 32.0. The van der Waals surface area contributed by atoms with E-state index in [1.54, 1.807) is 92.9 Å². The molecule has 1 aromatic heterocycles. The number of ether oxygens (including phenoxy) is 8. The number of esters is 3. The van der Waals surface area contributed by atoms with E-state index < -0.39 is 120 Å². The fourth-order valence-corrected chi connectivity index (χ4v) is 9.72. The number of carbonyl (C=O) groups excluding carboxylic acids is 6. The zero-order chi connectivity index (χ0) is 50.2. The number of fused-ring (bicyclic) bond motifs is 1. The number of Topliss-reactive ketones (excluding diaryl/α,β-unsaturated/α-hetero) is 1. The summed E-state index contributed by atoms with van der Waals surface area (Å²) >= 11 is 0. The number of cyclic esters (lactones) is 1. The number of benzene rings is 1. The SMILES string of the molecule is CC[C@H]1OC(=O)[C@H](C)[C@@H](OC(=O)C(C)C)[C@H](C)[C@@H](O[C@@H]2O[C@H](C)C[C@H](N(C)C)[C@H]2OC(C)=O)[C@](C)(OC(=O)OC/C=C/c2ccc(-c3ncccn3)cc2)C[C@@H](C)C(=O)[C@H](C)[C@H]2NC(=O)O[C@@]21C. The van der Waals surface area contributed by atoms with Crippen molar-refractivity contribution in [2.75, 3.05) is 20.7 Å². The Morgan fingerprint density at radius 1 is 0.956 bits per heavy atom. The van der Waals surface area contributed by atoms with Crippen LogP contribution in [0.4, 0.5) is 9.59 Å². The molecule has 374 valence electrons. The van der Waals surface area contributed by atoms with Crippen molar-refractivity contribution < 1.29 is 66.7 Å². The molecule has 5 rings (SSSR count). The van der Waals surface area contributed by atoms with E-state index >= 15 is 0 Å². The van der Waals surface area contributed by atoms with Crippen molar-refractivity contribution in [3.63, 3.8) is 0 Å². The average molecular weight is 951 g/mol. The van der Waals surface area contributed by atoms with Gasteiger partial charge in [0.1, 0.15) is 36.3 Å². The van der Waals surface area contributed by atoms with Crippen LogP contribution in [0.3, 0.4) is 0 Å². The van der Waals surface area contributed by atoms with E-state index in [1.165, 1.54) is 6.92 Å². The van der Waals surface area contributed by atoms with Crippen molar-refractivity contribution in [2.24, 2.45) is 29.6 Å². The molecule has 3 aliphatic heterocycles. The Morgan fingerprint density at radius 3 is 2.22 bits per heavy atom. The first-order valence-electron chi connectivity index (χ1n) is 23.5. The van der Waals surface area contributed by atoms with E-state index in [-0.39, 0.29) is 25.2 Å². The van der Waals surface area contributed by atoms with Gasteiger partial charge in [0.25, 0.3) is 0 Å². The molecule has 3 fully saturated rings. The van der Waals surface area contributed by atoms with Crippen LogP contribution in [0.5, 0.6) is 0 Å². The van der Waals surface area contributed by atoms with Crippen LogP contribution >= 0.6 is 0 Å². The van der Waals surface area contributed by atoms with E-state index in [2.05, 4.69) is 15.3 Å². The molecule has 3 saturated heterocycles. The number of nitrogens with zero attached hydrogens (tertiary/aromatic N) is 3. The van der Waals surface area contributed by atoms with Crippen molar-refractivity contribution in [3.8, 4) is 11.4 Å². The molecular formula is C50H70N4O14. The Kier molecular flexibility index (Phi) is 17.9. The van der Waals surface area contributed by atoms with Gasteiger partial charge in [-0.3, -0.25) is 19.2 Å². The molecule has 3 aliphatic rings. The smallest absolute Gasteiger partial charge is 0.461 e. The van der Waals surface area contributed by atoms with Crippen molar-refractivity contribution >= 4 is 42.0 Å². The molecule has 14 atom stereocenters. The number of carbonyl (C=O) groups is 6. The Morgan fingerprint density at radius 2 is 1.62 bits per heavy atom. The molecule has 68 heavy (non-hydrogen) atoms. The van der Waals surface area contributed by atoms with Gasteiger partial charge in [-0.2, -0.15) is 0 Å². The van der Waals surface area contributed by atoms with Gasteiger partial charge in [0.15, 0.2) is 23.8 Å². The number of hydrogen-bond donors (Lipinski definition) is 1. The van der Waals surface area contributed by atoms with E-state index in [4.69, 9.17) is 37.9 Å². The van der Waals surface area contributed by atoms with Crippen LogP contribution in [-0.2, 0) is 57.1 Å². The third-order valence-electron chi connectivity index (χ3n) is 13.3. The summed E-state index contributed by atoms with van der Waals surface area (Å²) in [4.78, 5) is 93.1. The molecule has 0 unspecified atom stereocenters. The summed E-state index contributed by atoms with van der Waals surface area (Å²) in [7, 11) is 3.67. The highest BCUT2D eigenvalue weighted by molar-refractivity contribution is 5.85. The average Bonchev–Trinajstić information content (AvgIpc) is 3.60.